The van der Waals surface area contributed by atoms with E-state index in [2.05, 4.69) is 34.6 Å². The third kappa shape index (κ3) is 7.49. The average molecular weight is 354 g/mol. The van der Waals surface area contributed by atoms with E-state index < -0.39 is 5.97 Å². The number of unbranched alkanes of at least 4 members (excludes halogenated alkanes) is 1. The Morgan fingerprint density at radius 2 is 1.42 bits per heavy atom. The number of nitrogens with two attached hydrogens (primary N) is 1. The van der Waals surface area contributed by atoms with Gasteiger partial charge in [0, 0.05) is 6.54 Å². The lowest BCUT2D eigenvalue weighted by molar-refractivity contribution is -0.157. The molecular weight excluding hydrogens is 328 g/mol. The molecule has 0 bridgehead atoms. The number of hydrogen-bond acceptors (Lipinski definition) is 4. The van der Waals surface area contributed by atoms with E-state index in [4.69, 9.17) is 5.73 Å². The average Bonchev–Trinajstić information content (AvgIpc) is 2.66. The normalized spacial score (nSPS) is 10.3. The summed E-state index contributed by atoms with van der Waals surface area (Å²) >= 11 is 0. The van der Waals surface area contributed by atoms with Crippen LogP contribution >= 0.6 is 0 Å². The molecule has 0 aliphatic rings. The number of aryl methyl sites for hydroxylation is 2. The Morgan fingerprint density at radius 1 is 0.846 bits per heavy atom. The first-order valence-corrected chi connectivity index (χ1v) is 8.97. The minimum Gasteiger partial charge on any atom is -0.341 e. The summed E-state index contributed by atoms with van der Waals surface area (Å²) in [4.78, 5) is 27.5. The molecule has 26 heavy (non-hydrogen) atoms. The first-order chi connectivity index (χ1) is 12.7. The maximum Gasteiger partial charge on any atom is 0.333 e. The van der Waals surface area contributed by atoms with E-state index in [1.807, 2.05) is 30.3 Å². The van der Waals surface area contributed by atoms with Gasteiger partial charge in [0.25, 0.3) is 5.91 Å². The van der Waals surface area contributed by atoms with Crippen LogP contribution in [-0.4, -0.2) is 18.4 Å². The van der Waals surface area contributed by atoms with Crippen molar-refractivity contribution in [3.05, 3.63) is 71.3 Å². The van der Waals surface area contributed by atoms with E-state index in [0.29, 0.717) is 0 Å². The minimum absolute atomic E-state index is 0.0826. The van der Waals surface area contributed by atoms with Crippen LogP contribution in [-0.2, 0) is 33.7 Å². The highest BCUT2D eigenvalue weighted by atomic mass is 16.7. The molecule has 0 heterocycles. The molecule has 0 spiro atoms. The number of nitrogens with one attached hydrogen (secondary N) is 1. The van der Waals surface area contributed by atoms with Gasteiger partial charge in [-0.3, -0.25) is 4.79 Å². The molecule has 0 radical (unpaired) electrons. The van der Waals surface area contributed by atoms with Gasteiger partial charge in [0.15, 0.2) is 0 Å². The molecular formula is C21H26N2O3. The van der Waals surface area contributed by atoms with Crippen molar-refractivity contribution >= 4 is 11.9 Å². The Balaban J connectivity index is 1.67. The van der Waals surface area contributed by atoms with Crippen molar-refractivity contribution in [2.45, 2.75) is 38.5 Å². The van der Waals surface area contributed by atoms with Gasteiger partial charge in [-0.1, -0.05) is 54.6 Å². The summed E-state index contributed by atoms with van der Waals surface area (Å²) in [6, 6.07) is 18.5. The largest absolute Gasteiger partial charge is 0.341 e. The van der Waals surface area contributed by atoms with Crippen LogP contribution in [0.4, 0.5) is 0 Å². The SMILES string of the molecule is NCCC(=O)ONC(=O)Cc1ccc(CCCCc2ccccc2)cc1. The second-order valence-electron chi connectivity index (χ2n) is 6.22. The maximum atomic E-state index is 11.7. The fourth-order valence-electron chi connectivity index (χ4n) is 2.63. The van der Waals surface area contributed by atoms with Crippen LogP contribution in [0.1, 0.15) is 36.0 Å². The van der Waals surface area contributed by atoms with E-state index in [9.17, 15) is 9.59 Å². The summed E-state index contributed by atoms with van der Waals surface area (Å²) in [7, 11) is 0. The quantitative estimate of drug-likeness (QED) is 0.536. The smallest absolute Gasteiger partial charge is 0.333 e. The standard InChI is InChI=1S/C21H26N2O3/c22-15-14-21(25)26-23-20(24)16-19-12-10-18(11-13-19)9-5-4-8-17-6-2-1-3-7-17/h1-3,6-7,10-13H,4-5,8-9,14-16,22H2,(H,23,24). The highest BCUT2D eigenvalue weighted by Gasteiger charge is 2.07. The third-order valence-electron chi connectivity index (χ3n) is 4.04. The van der Waals surface area contributed by atoms with Crippen molar-refractivity contribution in [1.82, 2.24) is 5.48 Å². The van der Waals surface area contributed by atoms with Crippen molar-refractivity contribution < 1.29 is 14.4 Å². The second kappa shape index (κ2) is 11.1. The molecule has 0 unspecified atom stereocenters. The van der Waals surface area contributed by atoms with Gasteiger partial charge in [0.2, 0.25) is 0 Å². The van der Waals surface area contributed by atoms with Crippen LogP contribution < -0.4 is 11.2 Å². The Labute approximate surface area is 154 Å². The zero-order valence-corrected chi connectivity index (χ0v) is 14.9. The van der Waals surface area contributed by atoms with Gasteiger partial charge < -0.3 is 10.6 Å². The molecule has 0 aromatic heterocycles. The van der Waals surface area contributed by atoms with Crippen LogP contribution in [0.15, 0.2) is 54.6 Å². The van der Waals surface area contributed by atoms with Gasteiger partial charge in [0.05, 0.1) is 12.8 Å². The highest BCUT2D eigenvalue weighted by molar-refractivity contribution is 5.79. The summed E-state index contributed by atoms with van der Waals surface area (Å²) in [5.41, 5.74) is 10.9. The Bertz CT molecular complexity index is 684. The fourth-order valence-corrected chi connectivity index (χ4v) is 2.63. The van der Waals surface area contributed by atoms with Gasteiger partial charge in [-0.25, -0.2) is 4.79 Å². The first kappa shape index (κ1) is 19.7. The maximum absolute atomic E-state index is 11.7. The number of carbonyl (C=O) groups is 2. The van der Waals surface area contributed by atoms with Gasteiger partial charge in [0.1, 0.15) is 0 Å². The monoisotopic (exact) mass is 354 g/mol. The van der Waals surface area contributed by atoms with E-state index in [0.717, 1.165) is 31.2 Å². The topological polar surface area (TPSA) is 81.4 Å². The number of rotatable bonds is 9. The number of amides is 1. The molecule has 5 heteroatoms. The summed E-state index contributed by atoms with van der Waals surface area (Å²) in [6.45, 7) is 0.196. The predicted molar refractivity (Wildman–Crippen MR) is 101 cm³/mol. The van der Waals surface area contributed by atoms with Gasteiger partial charge in [-0.05, 0) is 42.4 Å². The van der Waals surface area contributed by atoms with Crippen molar-refractivity contribution in [1.29, 1.82) is 0 Å². The van der Waals surface area contributed by atoms with Crippen molar-refractivity contribution in [3.8, 4) is 0 Å². The zero-order chi connectivity index (χ0) is 18.6. The molecule has 0 saturated carbocycles. The number of benzene rings is 2. The van der Waals surface area contributed by atoms with Crippen LogP contribution in [0, 0.1) is 0 Å². The molecule has 0 fully saturated rings. The number of carbonyl (C=O) groups excluding carboxylic acids is 2. The second-order valence-corrected chi connectivity index (χ2v) is 6.22. The van der Waals surface area contributed by atoms with Crippen molar-refractivity contribution in [3.63, 3.8) is 0 Å². The summed E-state index contributed by atoms with van der Waals surface area (Å²) < 4.78 is 0. The van der Waals surface area contributed by atoms with Gasteiger partial charge in [-0.15, -0.1) is 0 Å². The van der Waals surface area contributed by atoms with Gasteiger partial charge >= 0.3 is 5.97 Å². The highest BCUT2D eigenvalue weighted by Crippen LogP contribution is 2.11. The molecule has 0 atom stereocenters. The molecule has 1 amide bonds. The van der Waals surface area contributed by atoms with E-state index >= 15 is 0 Å². The molecule has 2 rings (SSSR count). The molecule has 0 aliphatic carbocycles. The molecule has 3 N–H and O–H groups in total. The Hall–Kier alpha value is -2.66. The first-order valence-electron chi connectivity index (χ1n) is 8.97. The lowest BCUT2D eigenvalue weighted by atomic mass is 10.0. The third-order valence-corrected chi connectivity index (χ3v) is 4.04. The van der Waals surface area contributed by atoms with Crippen LogP contribution in [0.5, 0.6) is 0 Å². The Morgan fingerprint density at radius 3 is 2.04 bits per heavy atom. The summed E-state index contributed by atoms with van der Waals surface area (Å²) in [6.07, 6.45) is 4.66. The van der Waals surface area contributed by atoms with E-state index in [1.54, 1.807) is 0 Å². The fraction of sp³-hybridized carbons (Fsp3) is 0.333. The van der Waals surface area contributed by atoms with Crippen LogP contribution in [0.25, 0.3) is 0 Å². The summed E-state index contributed by atoms with van der Waals surface area (Å²) in [5.74, 6) is -0.891. The van der Waals surface area contributed by atoms with Gasteiger partial charge in [-0.2, -0.15) is 5.48 Å². The van der Waals surface area contributed by atoms with Crippen LogP contribution in [0.3, 0.4) is 0 Å². The zero-order valence-electron chi connectivity index (χ0n) is 14.9. The predicted octanol–water partition coefficient (Wildman–Crippen LogP) is 2.72. The summed E-state index contributed by atoms with van der Waals surface area (Å²) in [5, 5.41) is 0. The molecule has 2 aromatic carbocycles. The lowest BCUT2D eigenvalue weighted by Gasteiger charge is -2.06. The van der Waals surface area contributed by atoms with Crippen LogP contribution in [0.2, 0.25) is 0 Å². The minimum atomic E-state index is -0.535. The number of hydroxylamine groups is 1. The van der Waals surface area contributed by atoms with Crippen molar-refractivity contribution in [2.24, 2.45) is 5.73 Å². The number of hydrogen-bond donors (Lipinski definition) is 2. The molecule has 0 aliphatic heterocycles. The molecule has 2 aromatic rings. The molecule has 5 nitrogen and oxygen atoms in total. The van der Waals surface area contributed by atoms with E-state index in [-0.39, 0.29) is 25.3 Å². The van der Waals surface area contributed by atoms with E-state index in [1.165, 1.54) is 11.1 Å². The van der Waals surface area contributed by atoms with Crippen molar-refractivity contribution in [2.75, 3.05) is 6.54 Å². The molecule has 0 saturated heterocycles. The Kier molecular flexibility index (Phi) is 8.36. The molecule has 138 valence electrons. The lowest BCUT2D eigenvalue weighted by Crippen LogP contribution is -2.29.